The number of carbonyl (C=O) groups excluding carboxylic acids is 2. The minimum Gasteiger partial charge on any atom is -0.456 e. The standard InChI is InChI=1S/C26H29ClN4O4S/c27-20-16-19(4-3-18(20)15-24(32)29-6-1-8-30-11-13-34-14-12-30)35-22-5-7-28-21-17-23(36-25(21)22)26(33)31-9-2-10-31/h3-5,7,16-17H,1-2,6,8-15H2,(H,29,32). The average molecular weight is 529 g/mol. The van der Waals surface area contributed by atoms with Gasteiger partial charge >= 0.3 is 0 Å². The molecule has 0 radical (unpaired) electrons. The van der Waals surface area contributed by atoms with E-state index in [9.17, 15) is 9.59 Å². The summed E-state index contributed by atoms with van der Waals surface area (Å²) >= 11 is 7.87. The van der Waals surface area contributed by atoms with Crippen LogP contribution in [0.2, 0.25) is 5.02 Å². The number of hydrogen-bond acceptors (Lipinski definition) is 7. The van der Waals surface area contributed by atoms with Crippen molar-refractivity contribution in [2.75, 3.05) is 52.5 Å². The molecule has 4 heterocycles. The van der Waals surface area contributed by atoms with Crippen molar-refractivity contribution < 1.29 is 19.1 Å². The smallest absolute Gasteiger partial charge is 0.264 e. The van der Waals surface area contributed by atoms with Gasteiger partial charge in [0.15, 0.2) is 0 Å². The average Bonchev–Trinajstić information content (AvgIpc) is 3.29. The van der Waals surface area contributed by atoms with Gasteiger partial charge in [-0.15, -0.1) is 11.3 Å². The molecule has 1 N–H and O–H groups in total. The Kier molecular flexibility index (Phi) is 8.01. The Morgan fingerprint density at radius 1 is 1.14 bits per heavy atom. The minimum absolute atomic E-state index is 0.0435. The summed E-state index contributed by atoms with van der Waals surface area (Å²) in [5.74, 6) is 1.17. The van der Waals surface area contributed by atoms with Crippen LogP contribution in [-0.4, -0.2) is 79.1 Å². The molecule has 5 rings (SSSR count). The molecule has 2 saturated heterocycles. The maximum atomic E-state index is 12.6. The van der Waals surface area contributed by atoms with E-state index in [1.807, 2.05) is 17.0 Å². The van der Waals surface area contributed by atoms with Gasteiger partial charge in [0.1, 0.15) is 11.5 Å². The number of carbonyl (C=O) groups is 2. The summed E-state index contributed by atoms with van der Waals surface area (Å²) in [4.78, 5) is 34.2. The summed E-state index contributed by atoms with van der Waals surface area (Å²) in [6, 6.07) is 8.94. The van der Waals surface area contributed by atoms with E-state index in [-0.39, 0.29) is 18.2 Å². The zero-order chi connectivity index (χ0) is 24.9. The number of pyridine rings is 1. The van der Waals surface area contributed by atoms with Gasteiger partial charge in [0.2, 0.25) is 5.91 Å². The number of benzene rings is 1. The maximum absolute atomic E-state index is 12.6. The van der Waals surface area contributed by atoms with E-state index in [0.717, 1.165) is 74.6 Å². The molecule has 2 fully saturated rings. The van der Waals surface area contributed by atoms with E-state index < -0.39 is 0 Å². The van der Waals surface area contributed by atoms with Gasteiger partial charge in [-0.05, 0) is 43.1 Å². The number of fused-ring (bicyclic) bond motifs is 1. The van der Waals surface area contributed by atoms with Gasteiger partial charge in [-0.3, -0.25) is 19.5 Å². The van der Waals surface area contributed by atoms with Gasteiger partial charge in [-0.2, -0.15) is 0 Å². The highest BCUT2D eigenvalue weighted by atomic mass is 35.5. The van der Waals surface area contributed by atoms with Gasteiger partial charge in [0.05, 0.1) is 34.7 Å². The Morgan fingerprint density at radius 2 is 1.97 bits per heavy atom. The monoisotopic (exact) mass is 528 g/mol. The topological polar surface area (TPSA) is 84.0 Å². The lowest BCUT2D eigenvalue weighted by molar-refractivity contribution is -0.120. The van der Waals surface area contributed by atoms with Crippen molar-refractivity contribution >= 4 is 45.0 Å². The normalized spacial score (nSPS) is 16.1. The second-order valence-corrected chi connectivity index (χ2v) is 10.4. The van der Waals surface area contributed by atoms with Crippen LogP contribution in [0.3, 0.4) is 0 Å². The molecule has 0 saturated carbocycles. The number of halogens is 1. The van der Waals surface area contributed by atoms with Crippen molar-refractivity contribution in [1.82, 2.24) is 20.1 Å². The summed E-state index contributed by atoms with van der Waals surface area (Å²) in [6.45, 7) is 6.67. The molecule has 2 aromatic heterocycles. The number of morpholine rings is 1. The quantitative estimate of drug-likeness (QED) is 0.423. The molecular weight excluding hydrogens is 500 g/mol. The number of hydrogen-bond donors (Lipinski definition) is 1. The van der Waals surface area contributed by atoms with Gasteiger partial charge in [-0.25, -0.2) is 0 Å². The van der Waals surface area contributed by atoms with Crippen LogP contribution in [0.5, 0.6) is 11.5 Å². The van der Waals surface area contributed by atoms with E-state index >= 15 is 0 Å². The number of ether oxygens (including phenoxy) is 2. The number of rotatable bonds is 9. The Labute approximate surface area is 219 Å². The fourth-order valence-corrected chi connectivity index (χ4v) is 5.50. The largest absolute Gasteiger partial charge is 0.456 e. The molecule has 2 aliphatic heterocycles. The zero-order valence-electron chi connectivity index (χ0n) is 20.0. The van der Waals surface area contributed by atoms with E-state index in [1.54, 1.807) is 24.4 Å². The van der Waals surface area contributed by atoms with Gasteiger partial charge < -0.3 is 19.7 Å². The van der Waals surface area contributed by atoms with Crippen LogP contribution in [-0.2, 0) is 16.0 Å². The lowest BCUT2D eigenvalue weighted by Crippen LogP contribution is -2.41. The second kappa shape index (κ2) is 11.6. The van der Waals surface area contributed by atoms with Crippen molar-refractivity contribution in [2.24, 2.45) is 0 Å². The number of thiophene rings is 1. The van der Waals surface area contributed by atoms with Gasteiger partial charge in [0.25, 0.3) is 5.91 Å². The first-order valence-corrected chi connectivity index (χ1v) is 13.5. The summed E-state index contributed by atoms with van der Waals surface area (Å²) in [7, 11) is 0. The molecule has 2 amide bonds. The molecular formula is C26H29ClN4O4S. The van der Waals surface area contributed by atoms with Crippen molar-refractivity contribution in [1.29, 1.82) is 0 Å². The number of nitrogens with one attached hydrogen (secondary N) is 1. The zero-order valence-corrected chi connectivity index (χ0v) is 21.6. The van der Waals surface area contributed by atoms with Gasteiger partial charge in [0, 0.05) is 50.0 Å². The third-order valence-corrected chi connectivity index (χ3v) is 7.89. The number of amides is 2. The minimum atomic E-state index is -0.0543. The molecule has 0 aliphatic carbocycles. The first-order chi connectivity index (χ1) is 17.6. The SMILES string of the molecule is O=C(Cc1ccc(Oc2ccnc3cc(C(=O)N4CCC4)sc23)cc1Cl)NCCCN1CCOCC1. The van der Waals surface area contributed by atoms with E-state index in [4.69, 9.17) is 21.1 Å². The number of aromatic nitrogens is 1. The van der Waals surface area contributed by atoms with Crippen molar-refractivity contribution in [2.45, 2.75) is 19.3 Å². The summed E-state index contributed by atoms with van der Waals surface area (Å²) in [5.41, 5.74) is 1.47. The van der Waals surface area contributed by atoms with Crippen LogP contribution in [0.1, 0.15) is 28.1 Å². The fourth-order valence-electron chi connectivity index (χ4n) is 4.23. The van der Waals surface area contributed by atoms with Crippen LogP contribution >= 0.6 is 22.9 Å². The Balaban J connectivity index is 1.17. The third kappa shape index (κ3) is 5.98. The first-order valence-electron chi connectivity index (χ1n) is 12.3. The molecule has 0 atom stereocenters. The molecule has 3 aromatic rings. The Hall–Kier alpha value is -2.72. The maximum Gasteiger partial charge on any atom is 0.264 e. The molecule has 0 bridgehead atoms. The lowest BCUT2D eigenvalue weighted by Gasteiger charge is -2.30. The molecule has 8 nitrogen and oxygen atoms in total. The Bertz CT molecular complexity index is 1240. The summed E-state index contributed by atoms with van der Waals surface area (Å²) in [6.07, 6.45) is 3.84. The Morgan fingerprint density at radius 3 is 2.72 bits per heavy atom. The summed E-state index contributed by atoms with van der Waals surface area (Å²) in [5, 5.41) is 3.45. The predicted molar refractivity (Wildman–Crippen MR) is 140 cm³/mol. The molecule has 2 aliphatic rings. The summed E-state index contributed by atoms with van der Waals surface area (Å²) < 4.78 is 12.3. The van der Waals surface area contributed by atoms with Crippen LogP contribution in [0.15, 0.2) is 36.5 Å². The molecule has 190 valence electrons. The van der Waals surface area contributed by atoms with Crippen molar-refractivity contribution in [3.8, 4) is 11.5 Å². The number of nitrogens with zero attached hydrogens (tertiary/aromatic N) is 3. The third-order valence-electron chi connectivity index (χ3n) is 6.41. The van der Waals surface area contributed by atoms with E-state index in [1.165, 1.54) is 11.3 Å². The van der Waals surface area contributed by atoms with E-state index in [2.05, 4.69) is 15.2 Å². The molecule has 0 spiro atoms. The highest BCUT2D eigenvalue weighted by molar-refractivity contribution is 7.21. The first kappa shape index (κ1) is 25.0. The van der Waals surface area contributed by atoms with Crippen LogP contribution in [0.25, 0.3) is 10.2 Å². The van der Waals surface area contributed by atoms with Crippen molar-refractivity contribution in [3.05, 3.63) is 52.0 Å². The molecule has 10 heteroatoms. The van der Waals surface area contributed by atoms with E-state index in [0.29, 0.717) is 27.9 Å². The molecule has 0 unspecified atom stereocenters. The van der Waals surface area contributed by atoms with Crippen LogP contribution in [0, 0.1) is 0 Å². The predicted octanol–water partition coefficient (Wildman–Crippen LogP) is 3.97. The highest BCUT2D eigenvalue weighted by Gasteiger charge is 2.24. The number of likely N-dealkylation sites (tertiary alicyclic amines) is 1. The molecule has 1 aromatic carbocycles. The van der Waals surface area contributed by atoms with Crippen LogP contribution < -0.4 is 10.1 Å². The molecule has 36 heavy (non-hydrogen) atoms. The van der Waals surface area contributed by atoms with Gasteiger partial charge in [-0.1, -0.05) is 17.7 Å². The highest BCUT2D eigenvalue weighted by Crippen LogP contribution is 2.36. The lowest BCUT2D eigenvalue weighted by atomic mass is 10.1. The van der Waals surface area contributed by atoms with Crippen molar-refractivity contribution in [3.63, 3.8) is 0 Å². The fraction of sp³-hybridized carbons (Fsp3) is 0.423. The second-order valence-electron chi connectivity index (χ2n) is 8.97. The van der Waals surface area contributed by atoms with Crippen LogP contribution in [0.4, 0.5) is 0 Å².